The topological polar surface area (TPSA) is 129 Å². The minimum Gasteiger partial charge on any atom is -0.497 e. The van der Waals surface area contributed by atoms with E-state index in [-0.39, 0.29) is 18.3 Å². The number of rotatable bonds is 21. The molecule has 7 aromatic rings. The number of aryl methyl sites for hydroxylation is 1. The molecule has 0 spiro atoms. The monoisotopic (exact) mass is 1000 g/mol. The smallest absolute Gasteiger partial charge is 0.330 e. The van der Waals surface area contributed by atoms with Crippen molar-refractivity contribution < 1.29 is 37.6 Å². The van der Waals surface area contributed by atoms with E-state index in [9.17, 15) is 9.59 Å². The number of hydrogen-bond acceptors (Lipinski definition) is 10. The second-order valence-electron chi connectivity index (χ2n) is 19.9. The molecule has 8 rings (SSSR count). The molecule has 1 fully saturated rings. The molecule has 0 amide bonds. The van der Waals surface area contributed by atoms with Crippen molar-refractivity contribution in [1.82, 2.24) is 9.55 Å². The summed E-state index contributed by atoms with van der Waals surface area (Å²) in [7, 11) is 4.16. The number of ether oxygens (including phenoxy) is 7. The van der Waals surface area contributed by atoms with Gasteiger partial charge < -0.3 is 37.6 Å². The summed E-state index contributed by atoms with van der Waals surface area (Å²) in [4.78, 5) is 30.2. The summed E-state index contributed by atoms with van der Waals surface area (Å²) in [6.45, 7) is 11.4. The van der Waals surface area contributed by atoms with E-state index in [4.69, 9.17) is 37.6 Å². The Morgan fingerprint density at radius 1 is 0.575 bits per heavy atom. The fourth-order valence-electron chi connectivity index (χ4n) is 9.46. The second-order valence-corrected chi connectivity index (χ2v) is 24.6. The maximum atomic E-state index is 13.9. The van der Waals surface area contributed by atoms with Crippen molar-refractivity contribution in [3.8, 4) is 23.0 Å². The average molecular weight is 1010 g/mol. The predicted molar refractivity (Wildman–Crippen MR) is 287 cm³/mol. The first kappa shape index (κ1) is 52.6. The Labute approximate surface area is 429 Å². The molecule has 0 saturated carbocycles. The highest BCUT2D eigenvalue weighted by Crippen LogP contribution is 2.46. The number of nitrogens with zero attached hydrogens (tertiary/aromatic N) is 1. The molecule has 0 radical (unpaired) electrons. The molecule has 13 heteroatoms. The molecular weight excluding hydrogens is 937 g/mol. The van der Waals surface area contributed by atoms with Crippen LogP contribution in [0.15, 0.2) is 174 Å². The Balaban J connectivity index is 1.10. The van der Waals surface area contributed by atoms with Crippen LogP contribution in [0.1, 0.15) is 78.8 Å². The fourth-order valence-corrected chi connectivity index (χ4v) is 10.8. The normalized spacial score (nSPS) is 16.3. The van der Waals surface area contributed by atoms with Gasteiger partial charge in [-0.15, -0.1) is 0 Å². The van der Waals surface area contributed by atoms with Crippen molar-refractivity contribution in [3.63, 3.8) is 0 Å². The first-order valence-corrected chi connectivity index (χ1v) is 27.7. The molecule has 1 aromatic heterocycles. The Kier molecular flexibility index (Phi) is 16.3. The van der Waals surface area contributed by atoms with Gasteiger partial charge in [-0.25, -0.2) is 4.79 Å². The number of hydrogen-bond donors (Lipinski definition) is 1. The van der Waals surface area contributed by atoms with E-state index in [1.54, 1.807) is 34.6 Å². The lowest BCUT2D eigenvalue weighted by atomic mass is 9.80. The summed E-state index contributed by atoms with van der Waals surface area (Å²) < 4.78 is 52.3. The lowest BCUT2D eigenvalue weighted by Crippen LogP contribution is -2.47. The van der Waals surface area contributed by atoms with Gasteiger partial charge in [0.25, 0.3) is 5.56 Å². The molecule has 3 atom stereocenters. The van der Waals surface area contributed by atoms with Gasteiger partial charge in [-0.1, -0.05) is 130 Å². The Morgan fingerprint density at radius 2 is 0.973 bits per heavy atom. The van der Waals surface area contributed by atoms with Crippen LogP contribution in [0.2, 0.25) is 18.1 Å². The van der Waals surface area contributed by atoms with Crippen LogP contribution in [0.3, 0.4) is 0 Å². The van der Waals surface area contributed by atoms with E-state index in [0.29, 0.717) is 36.3 Å². The van der Waals surface area contributed by atoms with Crippen LogP contribution >= 0.6 is 0 Å². The van der Waals surface area contributed by atoms with E-state index < -0.39 is 49.2 Å². The lowest BCUT2D eigenvalue weighted by Gasteiger charge is -2.40. The minimum atomic E-state index is -2.42. The van der Waals surface area contributed by atoms with Crippen molar-refractivity contribution in [2.45, 2.75) is 87.8 Å². The van der Waals surface area contributed by atoms with Crippen molar-refractivity contribution in [1.29, 1.82) is 0 Å². The molecule has 0 aliphatic carbocycles. The van der Waals surface area contributed by atoms with Crippen molar-refractivity contribution in [3.05, 3.63) is 224 Å². The van der Waals surface area contributed by atoms with E-state index in [0.717, 1.165) is 44.9 Å². The highest BCUT2D eigenvalue weighted by atomic mass is 28.4. The standard InChI is InChI=1S/C60H68N2O10Si/c1-58(2,3)73(8,9)72-53-39-55(71-54(53)41-70-60(44-20-14-11-15-21-44,47-26-34-51(67-6)35-27-47)48-28-36-52(68-7)37-29-48)62-40-42(56(63)61-57(62)64)17-16-38-69-59(43-18-12-10-13-19-43,45-22-30-49(65-4)31-23-45)46-24-32-50(66-5)33-25-46/h10-15,18-37,40,53-55H,16-17,38-39,41H2,1-9H3,(H,61,63,64)/t53-,54+,55+/m0/s1. The summed E-state index contributed by atoms with van der Waals surface area (Å²) in [5, 5.41) is -0.126. The summed E-state index contributed by atoms with van der Waals surface area (Å²) in [6, 6.07) is 51.7. The molecule has 6 aromatic carbocycles. The Hall–Kier alpha value is -6.74. The number of benzene rings is 6. The van der Waals surface area contributed by atoms with Crippen LogP contribution < -0.4 is 30.2 Å². The molecule has 1 aliphatic heterocycles. The van der Waals surface area contributed by atoms with Crippen molar-refractivity contribution in [2.75, 3.05) is 41.7 Å². The van der Waals surface area contributed by atoms with Gasteiger partial charge in [0.2, 0.25) is 0 Å². The number of aromatic nitrogens is 2. The first-order chi connectivity index (χ1) is 35.1. The third-order valence-electron chi connectivity index (χ3n) is 14.5. The van der Waals surface area contributed by atoms with Gasteiger partial charge in [0.15, 0.2) is 8.32 Å². The molecule has 12 nitrogen and oxygen atoms in total. The van der Waals surface area contributed by atoms with Gasteiger partial charge in [-0.3, -0.25) is 14.3 Å². The summed E-state index contributed by atoms with van der Waals surface area (Å²) in [5.41, 5.74) is 2.63. The molecule has 1 N–H and O–H groups in total. The average Bonchev–Trinajstić information content (AvgIpc) is 3.81. The zero-order valence-electron chi connectivity index (χ0n) is 43.4. The summed E-state index contributed by atoms with van der Waals surface area (Å²) >= 11 is 0. The maximum Gasteiger partial charge on any atom is 0.330 e. The molecular formula is C60H68N2O10Si. The van der Waals surface area contributed by atoms with Crippen molar-refractivity contribution in [2.24, 2.45) is 0 Å². The van der Waals surface area contributed by atoms with Crippen LogP contribution in [0, 0.1) is 0 Å². The number of aromatic amines is 1. The summed E-state index contributed by atoms with van der Waals surface area (Å²) in [6.07, 6.45) is 0.921. The summed E-state index contributed by atoms with van der Waals surface area (Å²) in [5.74, 6) is 2.87. The molecule has 1 saturated heterocycles. The highest BCUT2D eigenvalue weighted by Gasteiger charge is 2.47. The van der Waals surface area contributed by atoms with Gasteiger partial charge in [0.1, 0.15) is 46.5 Å². The highest BCUT2D eigenvalue weighted by molar-refractivity contribution is 6.74. The zero-order chi connectivity index (χ0) is 51.8. The van der Waals surface area contributed by atoms with E-state index in [2.05, 4.69) is 63.1 Å². The van der Waals surface area contributed by atoms with Crippen LogP contribution in [0.25, 0.3) is 0 Å². The van der Waals surface area contributed by atoms with E-state index in [1.165, 1.54) is 4.57 Å². The number of nitrogens with one attached hydrogen (secondary N) is 1. The minimum absolute atomic E-state index is 0.0938. The molecule has 1 aliphatic rings. The SMILES string of the molecule is COc1ccc(C(OCCCc2cn([C@H]3C[C@H](O[Si](C)(C)C(C)(C)C)[C@@H](COC(c4ccccc4)(c4ccc(OC)cc4)c4ccc(OC)cc4)O3)c(=O)[nH]c2=O)(c2ccccc2)c2ccc(OC)cc2)cc1. The molecule has 73 heavy (non-hydrogen) atoms. The first-order valence-electron chi connectivity index (χ1n) is 24.8. The Morgan fingerprint density at radius 3 is 1.37 bits per heavy atom. The quantitative estimate of drug-likeness (QED) is 0.0422. The predicted octanol–water partition coefficient (Wildman–Crippen LogP) is 11.2. The van der Waals surface area contributed by atoms with Gasteiger partial charge in [0.05, 0.1) is 41.2 Å². The largest absolute Gasteiger partial charge is 0.497 e. The fraction of sp³-hybridized carbons (Fsp3) is 0.333. The molecule has 0 bridgehead atoms. The van der Waals surface area contributed by atoms with E-state index >= 15 is 0 Å². The van der Waals surface area contributed by atoms with Gasteiger partial charge in [-0.2, -0.15) is 0 Å². The molecule has 2 heterocycles. The zero-order valence-corrected chi connectivity index (χ0v) is 44.4. The third-order valence-corrected chi connectivity index (χ3v) is 19.0. The third kappa shape index (κ3) is 11.1. The number of H-pyrrole nitrogens is 1. The van der Waals surface area contributed by atoms with E-state index in [1.807, 2.05) is 133 Å². The van der Waals surface area contributed by atoms with Crippen LogP contribution in [0.4, 0.5) is 0 Å². The van der Waals surface area contributed by atoms with Crippen molar-refractivity contribution >= 4 is 8.32 Å². The molecule has 0 unspecified atom stereocenters. The van der Waals surface area contributed by atoms with Gasteiger partial charge in [0, 0.05) is 24.8 Å². The van der Waals surface area contributed by atoms with Crippen LogP contribution in [-0.2, 0) is 36.3 Å². The van der Waals surface area contributed by atoms with Gasteiger partial charge in [-0.05, 0) is 113 Å². The van der Waals surface area contributed by atoms with Crippen LogP contribution in [0.5, 0.6) is 23.0 Å². The maximum absolute atomic E-state index is 13.9. The van der Waals surface area contributed by atoms with Crippen LogP contribution in [-0.4, -0.2) is 71.7 Å². The number of methoxy groups -OCH3 is 4. The molecule has 382 valence electrons. The second kappa shape index (κ2) is 22.6. The lowest BCUT2D eigenvalue weighted by molar-refractivity contribution is -0.0928. The van der Waals surface area contributed by atoms with Gasteiger partial charge >= 0.3 is 5.69 Å². The Bertz CT molecular complexity index is 2900.